The number of rotatable bonds is 4. The van der Waals surface area contributed by atoms with Gasteiger partial charge >= 0.3 is 0 Å². The van der Waals surface area contributed by atoms with Gasteiger partial charge in [-0.2, -0.15) is 0 Å². The molecule has 0 spiro atoms. The molecule has 0 bridgehead atoms. The van der Waals surface area contributed by atoms with Gasteiger partial charge < -0.3 is 14.7 Å². The van der Waals surface area contributed by atoms with Gasteiger partial charge in [0.25, 0.3) is 0 Å². The van der Waals surface area contributed by atoms with E-state index >= 15 is 0 Å². The minimum absolute atomic E-state index is 0.0294. The number of hydrogen-bond acceptors (Lipinski definition) is 6. The van der Waals surface area contributed by atoms with Crippen molar-refractivity contribution in [3.05, 3.63) is 11.8 Å². The number of nitrogens with zero attached hydrogens (tertiary/aromatic N) is 2. The highest BCUT2D eigenvalue weighted by Gasteiger charge is 2.36. The Bertz CT molecular complexity index is 667. The molecule has 8 nitrogen and oxygen atoms in total. The Morgan fingerprint density at radius 2 is 2.18 bits per heavy atom. The molecule has 9 heteroatoms. The number of anilines is 1. The van der Waals surface area contributed by atoms with Crippen LogP contribution >= 0.6 is 0 Å². The number of sulfone groups is 1. The first kappa shape index (κ1) is 16.5. The third-order valence-corrected chi connectivity index (χ3v) is 5.67. The molecule has 0 aromatic carbocycles. The maximum Gasteiger partial charge on any atom is 0.245 e. The van der Waals surface area contributed by atoms with Gasteiger partial charge in [0.05, 0.1) is 12.3 Å². The Labute approximate surface area is 128 Å². The van der Waals surface area contributed by atoms with Gasteiger partial charge in [-0.05, 0) is 19.8 Å². The molecule has 22 heavy (non-hydrogen) atoms. The minimum atomic E-state index is -3.41. The molecule has 122 valence electrons. The summed E-state index contributed by atoms with van der Waals surface area (Å²) in [4.78, 5) is 25.2. The first-order valence-corrected chi connectivity index (χ1v) is 8.71. The molecule has 0 saturated carbocycles. The lowest BCUT2D eigenvalue weighted by Crippen LogP contribution is -2.46. The molecule has 1 aliphatic heterocycles. The van der Waals surface area contributed by atoms with Gasteiger partial charge in [-0.15, -0.1) is 0 Å². The largest absolute Gasteiger partial charge is 0.360 e. The maximum atomic E-state index is 12.2. The lowest BCUT2D eigenvalue weighted by Gasteiger charge is -2.26. The molecule has 1 N–H and O–H groups in total. The first-order valence-electron chi connectivity index (χ1n) is 6.99. The number of hydrogen-bond donors (Lipinski definition) is 1. The average molecular weight is 329 g/mol. The minimum Gasteiger partial charge on any atom is -0.360 e. The van der Waals surface area contributed by atoms with Crippen LogP contribution in [0.5, 0.6) is 0 Å². The van der Waals surface area contributed by atoms with E-state index in [4.69, 9.17) is 4.52 Å². The molecule has 0 radical (unpaired) electrons. The summed E-state index contributed by atoms with van der Waals surface area (Å²) in [7, 11) is -1.99. The average Bonchev–Trinajstić information content (AvgIpc) is 2.82. The van der Waals surface area contributed by atoms with Crippen LogP contribution in [0.2, 0.25) is 0 Å². The highest BCUT2D eigenvalue weighted by atomic mass is 32.2. The van der Waals surface area contributed by atoms with Crippen LogP contribution in [0.3, 0.4) is 0 Å². The number of amides is 2. The molecule has 1 fully saturated rings. The van der Waals surface area contributed by atoms with Crippen molar-refractivity contribution in [1.82, 2.24) is 10.1 Å². The second-order valence-electron chi connectivity index (χ2n) is 5.42. The van der Waals surface area contributed by atoms with Gasteiger partial charge in [0.2, 0.25) is 11.8 Å². The van der Waals surface area contributed by atoms with Crippen molar-refractivity contribution in [2.45, 2.75) is 31.4 Å². The van der Waals surface area contributed by atoms with E-state index in [1.54, 1.807) is 13.0 Å². The topological polar surface area (TPSA) is 110 Å². The second kappa shape index (κ2) is 6.47. The second-order valence-corrected chi connectivity index (χ2v) is 7.72. The zero-order valence-corrected chi connectivity index (χ0v) is 13.4. The fraction of sp³-hybridized carbons (Fsp3) is 0.615. The number of carbonyl (C=O) groups is 2. The number of aryl methyl sites for hydroxylation is 1. The lowest BCUT2D eigenvalue weighted by atomic mass is 10.1. The summed E-state index contributed by atoms with van der Waals surface area (Å²) >= 11 is 0. The predicted molar refractivity (Wildman–Crippen MR) is 78.9 cm³/mol. The third kappa shape index (κ3) is 3.85. The van der Waals surface area contributed by atoms with Gasteiger partial charge in [-0.1, -0.05) is 11.6 Å². The standard InChI is InChI=1S/C13H19N3O5S/c1-9-7-11(15-21-9)14-12(17)8-16(2)13(18)10-5-3-4-6-22(10,19)20/h7,10H,3-6,8H2,1-2H3,(H,14,15,17)/t10-/m0/s1. The Hall–Kier alpha value is -1.90. The van der Waals surface area contributed by atoms with Crippen molar-refractivity contribution < 1.29 is 22.5 Å². The van der Waals surface area contributed by atoms with Crippen molar-refractivity contribution >= 4 is 27.5 Å². The zero-order chi connectivity index (χ0) is 16.3. The van der Waals surface area contributed by atoms with Gasteiger partial charge in [0.15, 0.2) is 15.7 Å². The normalized spacial score (nSPS) is 20.4. The number of aromatic nitrogens is 1. The Balaban J connectivity index is 1.94. The summed E-state index contributed by atoms with van der Waals surface area (Å²) in [6.07, 6.45) is 1.60. The van der Waals surface area contributed by atoms with Crippen LogP contribution < -0.4 is 5.32 Å². The smallest absolute Gasteiger partial charge is 0.245 e. The summed E-state index contributed by atoms with van der Waals surface area (Å²) in [5, 5.41) is 5.07. The fourth-order valence-corrected chi connectivity index (χ4v) is 4.28. The van der Waals surface area contributed by atoms with Crippen molar-refractivity contribution in [3.63, 3.8) is 0 Å². The summed E-state index contributed by atoms with van der Waals surface area (Å²) in [5.41, 5.74) is 0. The number of carbonyl (C=O) groups excluding carboxylic acids is 2. The monoisotopic (exact) mass is 329 g/mol. The molecule has 2 amide bonds. The van der Waals surface area contributed by atoms with Crippen molar-refractivity contribution in [2.75, 3.05) is 24.7 Å². The van der Waals surface area contributed by atoms with Crippen molar-refractivity contribution in [2.24, 2.45) is 0 Å². The summed E-state index contributed by atoms with van der Waals surface area (Å²) in [5.74, 6) is -0.160. The Morgan fingerprint density at radius 1 is 1.45 bits per heavy atom. The summed E-state index contributed by atoms with van der Waals surface area (Å²) < 4.78 is 28.7. The quantitative estimate of drug-likeness (QED) is 0.853. The first-order chi connectivity index (χ1) is 10.3. The van der Waals surface area contributed by atoms with E-state index < -0.39 is 26.9 Å². The van der Waals surface area contributed by atoms with Crippen LogP contribution in [0.25, 0.3) is 0 Å². The molecule has 2 rings (SSSR count). The van der Waals surface area contributed by atoms with E-state index in [1.807, 2.05) is 0 Å². The number of nitrogens with one attached hydrogen (secondary N) is 1. The van der Waals surface area contributed by atoms with E-state index in [0.29, 0.717) is 25.0 Å². The third-order valence-electron chi connectivity index (χ3n) is 3.51. The Morgan fingerprint density at radius 3 is 2.77 bits per heavy atom. The molecular formula is C13H19N3O5S. The molecule has 1 aliphatic rings. The number of likely N-dealkylation sites (N-methyl/N-ethyl adjacent to an activating group) is 1. The van der Waals surface area contributed by atoms with E-state index in [1.165, 1.54) is 7.05 Å². The van der Waals surface area contributed by atoms with Gasteiger partial charge in [-0.3, -0.25) is 9.59 Å². The molecular weight excluding hydrogens is 310 g/mol. The van der Waals surface area contributed by atoms with Crippen LogP contribution in [0.15, 0.2) is 10.6 Å². The van der Waals surface area contributed by atoms with Crippen LogP contribution in [-0.2, 0) is 19.4 Å². The molecule has 0 unspecified atom stereocenters. The van der Waals surface area contributed by atoms with Crippen molar-refractivity contribution in [1.29, 1.82) is 0 Å². The summed E-state index contributed by atoms with van der Waals surface area (Å²) in [6.45, 7) is 1.45. The highest BCUT2D eigenvalue weighted by molar-refractivity contribution is 7.92. The molecule has 1 saturated heterocycles. The van der Waals surface area contributed by atoms with Crippen LogP contribution in [0.1, 0.15) is 25.0 Å². The zero-order valence-electron chi connectivity index (χ0n) is 12.5. The van der Waals surface area contributed by atoms with Crippen LogP contribution in [-0.4, -0.2) is 54.9 Å². The molecule has 0 aliphatic carbocycles. The van der Waals surface area contributed by atoms with Crippen LogP contribution in [0.4, 0.5) is 5.82 Å². The summed E-state index contributed by atoms with van der Waals surface area (Å²) in [6, 6.07) is 1.55. The van der Waals surface area contributed by atoms with Crippen LogP contribution in [0, 0.1) is 6.92 Å². The lowest BCUT2D eigenvalue weighted by molar-refractivity contribution is -0.133. The predicted octanol–water partition coefficient (Wildman–Crippen LogP) is 0.347. The van der Waals surface area contributed by atoms with E-state index in [9.17, 15) is 18.0 Å². The van der Waals surface area contributed by atoms with E-state index in [0.717, 1.165) is 4.90 Å². The van der Waals surface area contributed by atoms with E-state index in [2.05, 4.69) is 10.5 Å². The van der Waals surface area contributed by atoms with Gasteiger partial charge in [-0.25, -0.2) is 8.42 Å². The van der Waals surface area contributed by atoms with Gasteiger partial charge in [0.1, 0.15) is 11.0 Å². The Kier molecular flexibility index (Phi) is 4.84. The molecule has 2 heterocycles. The van der Waals surface area contributed by atoms with Crippen molar-refractivity contribution in [3.8, 4) is 0 Å². The van der Waals surface area contributed by atoms with E-state index in [-0.39, 0.29) is 18.1 Å². The highest BCUT2D eigenvalue weighted by Crippen LogP contribution is 2.21. The maximum absolute atomic E-state index is 12.2. The molecule has 1 aromatic heterocycles. The SMILES string of the molecule is Cc1cc(NC(=O)CN(C)C(=O)[C@@H]2CCCCS2(=O)=O)no1. The molecule has 1 aromatic rings. The fourth-order valence-electron chi connectivity index (χ4n) is 2.38. The molecule has 1 atom stereocenters. The van der Waals surface area contributed by atoms with Gasteiger partial charge in [0, 0.05) is 13.1 Å².